The Labute approximate surface area is 116 Å². The number of unbranched alkanes of at least 4 members (excludes halogenated alkanes) is 4. The summed E-state index contributed by atoms with van der Waals surface area (Å²) in [6, 6.07) is 10.9. The zero-order chi connectivity index (χ0) is 13.4. The highest BCUT2D eigenvalue weighted by Gasteiger charge is 2.26. The summed E-state index contributed by atoms with van der Waals surface area (Å²) in [6.45, 7) is 7.08. The van der Waals surface area contributed by atoms with Gasteiger partial charge in [-0.25, -0.2) is 0 Å². The lowest BCUT2D eigenvalue weighted by atomic mass is 9.80. The maximum atomic E-state index is 3.05. The SMILES string of the molecule is CCCCCCCC(C)(C)C(P)c1ccccc1. The number of hydrogen-bond acceptors (Lipinski definition) is 0. The molecule has 102 valence electrons. The van der Waals surface area contributed by atoms with Crippen molar-refractivity contribution in [3.63, 3.8) is 0 Å². The van der Waals surface area contributed by atoms with E-state index in [0.717, 1.165) is 0 Å². The van der Waals surface area contributed by atoms with Gasteiger partial charge >= 0.3 is 0 Å². The van der Waals surface area contributed by atoms with Crippen LogP contribution in [0.4, 0.5) is 0 Å². The molecule has 1 aromatic rings. The summed E-state index contributed by atoms with van der Waals surface area (Å²) in [5.41, 5.74) is 2.38. The van der Waals surface area contributed by atoms with Gasteiger partial charge in [-0.3, -0.25) is 0 Å². The maximum absolute atomic E-state index is 3.05. The second kappa shape index (κ2) is 7.95. The lowest BCUT2D eigenvalue weighted by molar-refractivity contribution is 0.309. The molecule has 2 unspecified atom stereocenters. The van der Waals surface area contributed by atoms with Gasteiger partial charge in [-0.05, 0) is 17.4 Å². The second-order valence-electron chi connectivity index (χ2n) is 6.04. The fourth-order valence-corrected chi connectivity index (χ4v) is 2.84. The molecule has 0 spiro atoms. The van der Waals surface area contributed by atoms with E-state index in [-0.39, 0.29) is 0 Å². The number of rotatable bonds is 8. The highest BCUT2D eigenvalue weighted by atomic mass is 31.0. The molecule has 1 heteroatoms. The first kappa shape index (κ1) is 15.7. The number of benzene rings is 1. The Morgan fingerprint density at radius 2 is 1.61 bits per heavy atom. The molecule has 0 aliphatic rings. The van der Waals surface area contributed by atoms with Gasteiger partial charge in [0.2, 0.25) is 0 Å². The van der Waals surface area contributed by atoms with Gasteiger partial charge in [-0.2, -0.15) is 0 Å². The van der Waals surface area contributed by atoms with Crippen LogP contribution in [-0.4, -0.2) is 0 Å². The molecular formula is C17H29P. The fourth-order valence-electron chi connectivity index (χ4n) is 2.45. The predicted octanol–water partition coefficient (Wildman–Crippen LogP) is 5.99. The summed E-state index contributed by atoms with van der Waals surface area (Å²) in [4.78, 5) is 0. The molecule has 1 rings (SSSR count). The normalized spacial score (nSPS) is 13.6. The average Bonchev–Trinajstić information content (AvgIpc) is 2.38. The van der Waals surface area contributed by atoms with Gasteiger partial charge in [0.15, 0.2) is 0 Å². The van der Waals surface area contributed by atoms with E-state index in [1.165, 1.54) is 44.1 Å². The Balaban J connectivity index is 2.42. The first-order valence-corrected chi connectivity index (χ1v) is 8.05. The van der Waals surface area contributed by atoms with E-state index in [0.29, 0.717) is 11.1 Å². The molecule has 0 aliphatic heterocycles. The monoisotopic (exact) mass is 264 g/mol. The standard InChI is InChI=1S/C17H29P/c1-4-5-6-7-11-14-17(2,3)16(18)15-12-9-8-10-13-15/h8-10,12-13,16H,4-7,11,14,18H2,1-3H3. The first-order valence-electron chi connectivity index (χ1n) is 7.38. The van der Waals surface area contributed by atoms with Crippen LogP contribution in [0.2, 0.25) is 0 Å². The molecule has 0 aliphatic carbocycles. The minimum atomic E-state index is 0.373. The zero-order valence-electron chi connectivity index (χ0n) is 12.3. The van der Waals surface area contributed by atoms with Crippen molar-refractivity contribution in [3.8, 4) is 0 Å². The second-order valence-corrected chi connectivity index (χ2v) is 6.71. The van der Waals surface area contributed by atoms with Crippen LogP contribution < -0.4 is 0 Å². The maximum Gasteiger partial charge on any atom is 0.00364 e. The zero-order valence-corrected chi connectivity index (χ0v) is 13.4. The Bertz CT molecular complexity index is 316. The van der Waals surface area contributed by atoms with E-state index in [9.17, 15) is 0 Å². The highest BCUT2D eigenvalue weighted by Crippen LogP contribution is 2.44. The van der Waals surface area contributed by atoms with Crippen molar-refractivity contribution in [2.24, 2.45) is 5.41 Å². The van der Waals surface area contributed by atoms with Gasteiger partial charge in [0.25, 0.3) is 0 Å². The van der Waals surface area contributed by atoms with Gasteiger partial charge in [0.05, 0.1) is 0 Å². The van der Waals surface area contributed by atoms with Crippen molar-refractivity contribution < 1.29 is 0 Å². The van der Waals surface area contributed by atoms with E-state index in [1.807, 2.05) is 0 Å². The average molecular weight is 264 g/mol. The Hall–Kier alpha value is -0.350. The van der Waals surface area contributed by atoms with Crippen molar-refractivity contribution in [1.82, 2.24) is 0 Å². The minimum Gasteiger partial charge on any atom is -0.129 e. The number of hydrogen-bond donors (Lipinski definition) is 0. The highest BCUT2D eigenvalue weighted by molar-refractivity contribution is 7.17. The Morgan fingerprint density at radius 3 is 2.22 bits per heavy atom. The third-order valence-electron chi connectivity index (χ3n) is 3.93. The van der Waals surface area contributed by atoms with Gasteiger partial charge in [0, 0.05) is 5.66 Å². The van der Waals surface area contributed by atoms with Crippen LogP contribution in [-0.2, 0) is 0 Å². The summed E-state index contributed by atoms with van der Waals surface area (Å²) in [7, 11) is 3.05. The van der Waals surface area contributed by atoms with Crippen molar-refractivity contribution >= 4 is 9.24 Å². The van der Waals surface area contributed by atoms with Crippen LogP contribution >= 0.6 is 9.24 Å². The first-order chi connectivity index (χ1) is 8.58. The van der Waals surface area contributed by atoms with Crippen molar-refractivity contribution in [2.45, 2.75) is 65.0 Å². The molecule has 0 bridgehead atoms. The van der Waals surface area contributed by atoms with Gasteiger partial charge in [0.1, 0.15) is 0 Å². The Morgan fingerprint density at radius 1 is 1.00 bits per heavy atom. The van der Waals surface area contributed by atoms with Crippen LogP contribution in [0.15, 0.2) is 30.3 Å². The van der Waals surface area contributed by atoms with Crippen molar-refractivity contribution in [3.05, 3.63) is 35.9 Å². The molecule has 0 N–H and O–H groups in total. The molecule has 0 heterocycles. The fraction of sp³-hybridized carbons (Fsp3) is 0.647. The summed E-state index contributed by atoms with van der Waals surface area (Å²) in [5.74, 6) is 0. The van der Waals surface area contributed by atoms with Gasteiger partial charge in [-0.15, -0.1) is 9.24 Å². The molecule has 0 radical (unpaired) electrons. The smallest absolute Gasteiger partial charge is 0.00364 e. The largest absolute Gasteiger partial charge is 0.129 e. The molecule has 0 nitrogen and oxygen atoms in total. The molecule has 2 atom stereocenters. The van der Waals surface area contributed by atoms with Crippen molar-refractivity contribution in [2.75, 3.05) is 0 Å². The van der Waals surface area contributed by atoms with Crippen LogP contribution in [0.1, 0.15) is 70.5 Å². The van der Waals surface area contributed by atoms with Crippen LogP contribution in [0.25, 0.3) is 0 Å². The Kier molecular flexibility index (Phi) is 6.94. The minimum absolute atomic E-state index is 0.373. The third-order valence-corrected chi connectivity index (χ3v) is 5.21. The summed E-state index contributed by atoms with van der Waals surface area (Å²) >= 11 is 0. The van der Waals surface area contributed by atoms with E-state index < -0.39 is 0 Å². The van der Waals surface area contributed by atoms with Gasteiger partial charge < -0.3 is 0 Å². The molecule has 0 saturated carbocycles. The lowest BCUT2D eigenvalue weighted by Crippen LogP contribution is -2.17. The quantitative estimate of drug-likeness (QED) is 0.399. The topological polar surface area (TPSA) is 0 Å². The van der Waals surface area contributed by atoms with E-state index >= 15 is 0 Å². The van der Waals surface area contributed by atoms with Crippen LogP contribution in [0.3, 0.4) is 0 Å². The molecule has 0 saturated heterocycles. The summed E-state index contributed by atoms with van der Waals surface area (Å²) < 4.78 is 0. The molecular weight excluding hydrogens is 235 g/mol. The van der Waals surface area contributed by atoms with Crippen molar-refractivity contribution in [1.29, 1.82) is 0 Å². The molecule has 1 aromatic carbocycles. The lowest BCUT2D eigenvalue weighted by Gasteiger charge is -2.32. The summed E-state index contributed by atoms with van der Waals surface area (Å²) in [6.07, 6.45) is 8.20. The molecule has 0 fully saturated rings. The van der Waals surface area contributed by atoms with Crippen LogP contribution in [0.5, 0.6) is 0 Å². The van der Waals surface area contributed by atoms with Gasteiger partial charge in [-0.1, -0.05) is 83.2 Å². The van der Waals surface area contributed by atoms with E-state index in [1.54, 1.807) is 0 Å². The summed E-state index contributed by atoms with van der Waals surface area (Å²) in [5, 5.41) is 0. The molecule has 0 amide bonds. The molecule has 18 heavy (non-hydrogen) atoms. The predicted molar refractivity (Wildman–Crippen MR) is 86.1 cm³/mol. The molecule has 0 aromatic heterocycles. The van der Waals surface area contributed by atoms with Crippen LogP contribution in [0, 0.1) is 5.41 Å². The third kappa shape index (κ3) is 5.11. The van der Waals surface area contributed by atoms with E-state index in [2.05, 4.69) is 60.3 Å². The van der Waals surface area contributed by atoms with E-state index in [4.69, 9.17) is 0 Å².